The van der Waals surface area contributed by atoms with Gasteiger partial charge in [0.15, 0.2) is 0 Å². The summed E-state index contributed by atoms with van der Waals surface area (Å²) in [5.41, 5.74) is 1.75. The Hall–Kier alpha value is -2.84. The number of carbonyl (C=O) groups is 1. The molecule has 0 aliphatic carbocycles. The van der Waals surface area contributed by atoms with Gasteiger partial charge in [-0.3, -0.25) is 4.79 Å². The molecule has 0 spiro atoms. The van der Waals surface area contributed by atoms with Crippen molar-refractivity contribution >= 4 is 11.7 Å². The van der Waals surface area contributed by atoms with Gasteiger partial charge < -0.3 is 9.88 Å². The SMILES string of the molecule is CCc1nnc2n1C[C@@H](NC(=O)c1nc3nc(C)cc(C)n3n1)CC2. The predicted octanol–water partition coefficient (Wildman–Crippen LogP) is 0.640. The Labute approximate surface area is 144 Å². The lowest BCUT2D eigenvalue weighted by Crippen LogP contribution is -2.41. The summed E-state index contributed by atoms with van der Waals surface area (Å²) in [6, 6.07) is 1.92. The molecule has 0 saturated carbocycles. The topological polar surface area (TPSA) is 103 Å². The van der Waals surface area contributed by atoms with Gasteiger partial charge in [-0.15, -0.1) is 15.3 Å². The molecule has 0 radical (unpaired) electrons. The molecule has 3 aromatic heterocycles. The Bertz CT molecular complexity index is 943. The van der Waals surface area contributed by atoms with Gasteiger partial charge in [0.25, 0.3) is 11.7 Å². The largest absolute Gasteiger partial charge is 0.345 e. The van der Waals surface area contributed by atoms with Gasteiger partial charge in [-0.1, -0.05) is 6.92 Å². The fourth-order valence-electron chi connectivity index (χ4n) is 3.27. The second-order valence-electron chi connectivity index (χ2n) is 6.39. The minimum absolute atomic E-state index is 0.0173. The summed E-state index contributed by atoms with van der Waals surface area (Å²) in [6.07, 6.45) is 2.46. The van der Waals surface area contributed by atoms with Crippen LogP contribution in [-0.4, -0.2) is 46.3 Å². The van der Waals surface area contributed by atoms with Crippen LogP contribution in [0.15, 0.2) is 6.07 Å². The number of nitrogens with zero attached hydrogens (tertiary/aromatic N) is 7. The van der Waals surface area contributed by atoms with Crippen molar-refractivity contribution in [1.82, 2.24) is 39.7 Å². The fraction of sp³-hybridized carbons (Fsp3) is 0.500. The van der Waals surface area contributed by atoms with Crippen LogP contribution < -0.4 is 5.32 Å². The number of aromatic nitrogens is 7. The molecule has 1 N–H and O–H groups in total. The maximum atomic E-state index is 12.6. The molecule has 0 aromatic carbocycles. The molecule has 1 atom stereocenters. The second-order valence-corrected chi connectivity index (χ2v) is 6.39. The van der Waals surface area contributed by atoms with Gasteiger partial charge in [0, 0.05) is 36.8 Å². The lowest BCUT2D eigenvalue weighted by molar-refractivity contribution is 0.0917. The Balaban J connectivity index is 1.54. The van der Waals surface area contributed by atoms with Crippen LogP contribution in [0.3, 0.4) is 0 Å². The van der Waals surface area contributed by atoms with Crippen molar-refractivity contribution in [2.75, 3.05) is 0 Å². The first kappa shape index (κ1) is 15.7. The van der Waals surface area contributed by atoms with E-state index in [4.69, 9.17) is 0 Å². The van der Waals surface area contributed by atoms with Gasteiger partial charge >= 0.3 is 0 Å². The Morgan fingerprint density at radius 1 is 1.32 bits per heavy atom. The summed E-state index contributed by atoms with van der Waals surface area (Å²) in [4.78, 5) is 21.2. The fourth-order valence-corrected chi connectivity index (χ4v) is 3.27. The molecule has 0 fully saturated rings. The summed E-state index contributed by atoms with van der Waals surface area (Å²) >= 11 is 0. The Morgan fingerprint density at radius 2 is 2.16 bits per heavy atom. The van der Waals surface area contributed by atoms with Crippen LogP contribution in [0.5, 0.6) is 0 Å². The normalized spacial score (nSPS) is 16.8. The zero-order valence-electron chi connectivity index (χ0n) is 14.5. The third-order valence-electron chi connectivity index (χ3n) is 4.50. The van der Waals surface area contributed by atoms with Crippen molar-refractivity contribution < 1.29 is 4.79 Å². The van der Waals surface area contributed by atoms with E-state index in [0.29, 0.717) is 12.3 Å². The first-order valence-electron chi connectivity index (χ1n) is 8.48. The van der Waals surface area contributed by atoms with E-state index in [9.17, 15) is 4.79 Å². The third-order valence-corrected chi connectivity index (χ3v) is 4.50. The number of rotatable bonds is 3. The molecule has 25 heavy (non-hydrogen) atoms. The molecule has 1 amide bonds. The van der Waals surface area contributed by atoms with Gasteiger partial charge in [-0.25, -0.2) is 9.50 Å². The molecule has 1 aliphatic rings. The average Bonchev–Trinajstić information content (AvgIpc) is 3.18. The number of amides is 1. The van der Waals surface area contributed by atoms with E-state index >= 15 is 0 Å². The molecule has 9 nitrogen and oxygen atoms in total. The van der Waals surface area contributed by atoms with E-state index < -0.39 is 0 Å². The summed E-state index contributed by atoms with van der Waals surface area (Å²) in [6.45, 7) is 6.54. The number of fused-ring (bicyclic) bond motifs is 2. The smallest absolute Gasteiger partial charge is 0.291 e. The van der Waals surface area contributed by atoms with Crippen molar-refractivity contribution in [1.29, 1.82) is 0 Å². The maximum Gasteiger partial charge on any atom is 0.291 e. The standard InChI is InChI=1S/C16H20N8O/c1-4-12-20-21-13-6-5-11(8-23(12)13)18-15(25)14-19-16-17-9(2)7-10(3)24(16)22-14/h7,11H,4-6,8H2,1-3H3,(H,18,25)/t11-/m0/s1. The van der Waals surface area contributed by atoms with E-state index in [0.717, 1.165) is 42.3 Å². The molecule has 0 saturated heterocycles. The van der Waals surface area contributed by atoms with Crippen molar-refractivity contribution in [3.05, 3.63) is 34.9 Å². The quantitative estimate of drug-likeness (QED) is 0.750. The highest BCUT2D eigenvalue weighted by atomic mass is 16.2. The average molecular weight is 340 g/mol. The zero-order chi connectivity index (χ0) is 17.6. The van der Waals surface area contributed by atoms with Gasteiger partial charge in [0.1, 0.15) is 11.6 Å². The number of aryl methyl sites for hydroxylation is 4. The van der Waals surface area contributed by atoms with Gasteiger partial charge in [-0.05, 0) is 26.3 Å². The lowest BCUT2D eigenvalue weighted by Gasteiger charge is -2.24. The molecule has 1 aliphatic heterocycles. The minimum Gasteiger partial charge on any atom is -0.345 e. The maximum absolute atomic E-state index is 12.6. The van der Waals surface area contributed by atoms with Crippen molar-refractivity contribution in [3.8, 4) is 0 Å². The Kier molecular flexibility index (Phi) is 3.70. The number of hydrogen-bond donors (Lipinski definition) is 1. The van der Waals surface area contributed by atoms with Gasteiger partial charge in [0.2, 0.25) is 5.82 Å². The molecular formula is C16H20N8O. The monoisotopic (exact) mass is 340 g/mol. The highest BCUT2D eigenvalue weighted by Crippen LogP contribution is 2.16. The highest BCUT2D eigenvalue weighted by molar-refractivity contribution is 5.91. The predicted molar refractivity (Wildman–Crippen MR) is 89.2 cm³/mol. The molecule has 4 rings (SSSR count). The van der Waals surface area contributed by atoms with Gasteiger partial charge in [0.05, 0.1) is 0 Å². The lowest BCUT2D eigenvalue weighted by atomic mass is 10.1. The summed E-state index contributed by atoms with van der Waals surface area (Å²) in [5, 5.41) is 15.7. The molecule has 3 aromatic rings. The highest BCUT2D eigenvalue weighted by Gasteiger charge is 2.25. The number of hydrogen-bond acceptors (Lipinski definition) is 6. The molecule has 4 heterocycles. The van der Waals surface area contributed by atoms with Crippen LogP contribution in [0, 0.1) is 13.8 Å². The van der Waals surface area contributed by atoms with E-state index in [1.807, 2.05) is 19.9 Å². The minimum atomic E-state index is -0.276. The van der Waals surface area contributed by atoms with Crippen LogP contribution in [0.2, 0.25) is 0 Å². The zero-order valence-corrected chi connectivity index (χ0v) is 14.5. The van der Waals surface area contributed by atoms with Crippen LogP contribution in [-0.2, 0) is 19.4 Å². The second kappa shape index (κ2) is 5.91. The van der Waals surface area contributed by atoms with Crippen molar-refractivity contribution in [2.24, 2.45) is 0 Å². The molecule has 0 bridgehead atoms. The van der Waals surface area contributed by atoms with E-state index in [1.165, 1.54) is 0 Å². The molecule has 9 heteroatoms. The summed E-state index contributed by atoms with van der Waals surface area (Å²) in [5.74, 6) is 2.26. The van der Waals surface area contributed by atoms with Crippen LogP contribution in [0.1, 0.15) is 47.0 Å². The van der Waals surface area contributed by atoms with Gasteiger partial charge in [-0.2, -0.15) is 4.98 Å². The Morgan fingerprint density at radius 3 is 2.96 bits per heavy atom. The van der Waals surface area contributed by atoms with Crippen LogP contribution >= 0.6 is 0 Å². The van der Waals surface area contributed by atoms with Crippen molar-refractivity contribution in [2.45, 2.75) is 52.6 Å². The van der Waals surface area contributed by atoms with E-state index in [-0.39, 0.29) is 17.8 Å². The number of carbonyl (C=O) groups excluding carboxylic acids is 1. The first-order valence-corrected chi connectivity index (χ1v) is 8.48. The number of nitrogens with one attached hydrogen (secondary N) is 1. The molecule has 130 valence electrons. The van der Waals surface area contributed by atoms with Crippen LogP contribution in [0.25, 0.3) is 5.78 Å². The summed E-state index contributed by atoms with van der Waals surface area (Å²) in [7, 11) is 0. The molecule has 0 unspecified atom stereocenters. The van der Waals surface area contributed by atoms with Crippen molar-refractivity contribution in [3.63, 3.8) is 0 Å². The third kappa shape index (κ3) is 2.75. The van der Waals surface area contributed by atoms with E-state index in [1.54, 1.807) is 4.52 Å². The summed E-state index contributed by atoms with van der Waals surface area (Å²) < 4.78 is 3.69. The first-order chi connectivity index (χ1) is 12.0. The molecular weight excluding hydrogens is 320 g/mol. The van der Waals surface area contributed by atoms with E-state index in [2.05, 4.69) is 42.1 Å². The van der Waals surface area contributed by atoms with Crippen LogP contribution in [0.4, 0.5) is 0 Å².